The average Bonchev–Trinajstić information content (AvgIpc) is 2.74. The Morgan fingerprint density at radius 1 is 1.21 bits per heavy atom. The van der Waals surface area contributed by atoms with Gasteiger partial charge in [-0.15, -0.1) is 0 Å². The van der Waals surface area contributed by atoms with Crippen LogP contribution in [0.1, 0.15) is 38.7 Å². The van der Waals surface area contributed by atoms with Crippen molar-refractivity contribution >= 4 is 22.5 Å². The number of hydrogen-bond acceptors (Lipinski definition) is 1. The van der Waals surface area contributed by atoms with E-state index in [2.05, 4.69) is 42.1 Å². The van der Waals surface area contributed by atoms with E-state index < -0.39 is 0 Å². The molecule has 0 atom stereocenters. The first kappa shape index (κ1) is 14.4. The summed E-state index contributed by atoms with van der Waals surface area (Å²) in [7, 11) is 0. The first-order chi connectivity index (χ1) is 9.26. The molecule has 3 heteroatoms. The number of fused-ring (bicyclic) bond motifs is 1. The number of nitrogens with one attached hydrogen (secondary N) is 1. The van der Waals surface area contributed by atoms with Gasteiger partial charge in [0.05, 0.1) is 0 Å². The summed E-state index contributed by atoms with van der Waals surface area (Å²) in [5, 5.41) is 5.54. The molecule has 19 heavy (non-hydrogen) atoms. The highest BCUT2D eigenvalue weighted by atomic mass is 35.5. The predicted octanol–water partition coefficient (Wildman–Crippen LogP) is 4.59. The van der Waals surface area contributed by atoms with Gasteiger partial charge in [0.25, 0.3) is 0 Å². The molecule has 2 aromatic rings. The molecule has 0 saturated heterocycles. The monoisotopic (exact) mass is 278 g/mol. The average molecular weight is 279 g/mol. The molecule has 0 saturated carbocycles. The molecule has 0 aliphatic rings. The molecule has 1 aromatic heterocycles. The molecular weight excluding hydrogens is 256 g/mol. The highest BCUT2D eigenvalue weighted by Crippen LogP contribution is 2.25. The normalized spacial score (nSPS) is 11.3. The molecule has 0 bridgehead atoms. The van der Waals surface area contributed by atoms with Crippen LogP contribution in [0.15, 0.2) is 24.4 Å². The van der Waals surface area contributed by atoms with Crippen LogP contribution >= 0.6 is 11.6 Å². The minimum atomic E-state index is 0.817. The van der Waals surface area contributed by atoms with Gasteiger partial charge in [-0.25, -0.2) is 0 Å². The fourth-order valence-electron chi connectivity index (χ4n) is 2.46. The number of nitrogens with zero attached hydrogens (tertiary/aromatic N) is 1. The molecular formula is C16H23ClN2. The number of rotatable bonds is 7. The summed E-state index contributed by atoms with van der Waals surface area (Å²) in [5.74, 6) is 0. The van der Waals surface area contributed by atoms with Gasteiger partial charge in [0, 0.05) is 35.2 Å². The molecule has 0 fully saturated rings. The van der Waals surface area contributed by atoms with E-state index in [1.54, 1.807) is 0 Å². The Labute approximate surface area is 120 Å². The molecule has 0 amide bonds. The van der Waals surface area contributed by atoms with Crippen LogP contribution in [0.2, 0.25) is 5.02 Å². The zero-order valence-electron chi connectivity index (χ0n) is 11.9. The summed E-state index contributed by atoms with van der Waals surface area (Å²) < 4.78 is 2.35. The maximum Gasteiger partial charge on any atom is 0.0498 e. The van der Waals surface area contributed by atoms with Crippen LogP contribution in [-0.2, 0) is 13.1 Å². The van der Waals surface area contributed by atoms with E-state index in [4.69, 9.17) is 11.6 Å². The molecule has 1 heterocycles. The molecule has 0 aliphatic heterocycles. The first-order valence-electron chi connectivity index (χ1n) is 7.24. The summed E-state index contributed by atoms with van der Waals surface area (Å²) in [6.07, 6.45) is 6.04. The molecule has 0 unspecified atom stereocenters. The lowest BCUT2D eigenvalue weighted by molar-refractivity contribution is 0.613. The topological polar surface area (TPSA) is 17.0 Å². The summed E-state index contributed by atoms with van der Waals surface area (Å²) in [6.45, 7) is 7.38. The van der Waals surface area contributed by atoms with Crippen LogP contribution in [0.5, 0.6) is 0 Å². The molecule has 1 aromatic carbocycles. The molecule has 0 spiro atoms. The van der Waals surface area contributed by atoms with E-state index in [9.17, 15) is 0 Å². The van der Waals surface area contributed by atoms with Crippen LogP contribution in [-0.4, -0.2) is 11.1 Å². The van der Waals surface area contributed by atoms with Gasteiger partial charge in [0.2, 0.25) is 0 Å². The van der Waals surface area contributed by atoms with E-state index in [0.717, 1.165) is 24.7 Å². The third kappa shape index (κ3) is 3.52. The van der Waals surface area contributed by atoms with Gasteiger partial charge in [-0.1, -0.05) is 44.4 Å². The summed E-state index contributed by atoms with van der Waals surface area (Å²) in [4.78, 5) is 0. The number of benzene rings is 1. The Hall–Kier alpha value is -0.990. The van der Waals surface area contributed by atoms with E-state index in [1.807, 2.05) is 6.07 Å². The van der Waals surface area contributed by atoms with Crippen LogP contribution in [0.25, 0.3) is 10.9 Å². The van der Waals surface area contributed by atoms with Crippen LogP contribution in [0, 0.1) is 0 Å². The van der Waals surface area contributed by atoms with Gasteiger partial charge < -0.3 is 9.88 Å². The number of halogens is 1. The van der Waals surface area contributed by atoms with E-state index in [0.29, 0.717) is 0 Å². The van der Waals surface area contributed by atoms with Gasteiger partial charge in [-0.05, 0) is 30.7 Å². The van der Waals surface area contributed by atoms with Crippen molar-refractivity contribution in [3.05, 3.63) is 35.0 Å². The lowest BCUT2D eigenvalue weighted by Gasteiger charge is -2.04. The number of aryl methyl sites for hydroxylation is 1. The predicted molar refractivity (Wildman–Crippen MR) is 83.9 cm³/mol. The third-order valence-corrected chi connectivity index (χ3v) is 3.73. The Morgan fingerprint density at radius 2 is 2.05 bits per heavy atom. The zero-order chi connectivity index (χ0) is 13.7. The Bertz CT molecular complexity index is 531. The number of hydrogen-bond donors (Lipinski definition) is 1. The highest BCUT2D eigenvalue weighted by Gasteiger charge is 2.08. The molecule has 2 rings (SSSR count). The number of aromatic nitrogens is 1. The van der Waals surface area contributed by atoms with E-state index in [-0.39, 0.29) is 0 Å². The van der Waals surface area contributed by atoms with Crippen LogP contribution in [0.3, 0.4) is 0 Å². The lowest BCUT2D eigenvalue weighted by atomic mass is 10.2. The van der Waals surface area contributed by atoms with Crippen molar-refractivity contribution in [2.45, 2.75) is 46.2 Å². The van der Waals surface area contributed by atoms with Gasteiger partial charge in [0.1, 0.15) is 0 Å². The SMILES string of the molecule is CCCCCn1cc(CNCC)c2ccc(Cl)cc21. The van der Waals surface area contributed by atoms with Crippen molar-refractivity contribution in [1.82, 2.24) is 9.88 Å². The summed E-state index contributed by atoms with van der Waals surface area (Å²) >= 11 is 6.14. The minimum absolute atomic E-state index is 0.817. The van der Waals surface area contributed by atoms with Crippen molar-refractivity contribution in [2.24, 2.45) is 0 Å². The molecule has 0 radical (unpaired) electrons. The quantitative estimate of drug-likeness (QED) is 0.733. The van der Waals surface area contributed by atoms with E-state index >= 15 is 0 Å². The summed E-state index contributed by atoms with van der Waals surface area (Å²) in [6, 6.07) is 6.20. The first-order valence-corrected chi connectivity index (χ1v) is 7.62. The largest absolute Gasteiger partial charge is 0.347 e. The lowest BCUT2D eigenvalue weighted by Crippen LogP contribution is -2.11. The molecule has 2 nitrogen and oxygen atoms in total. The van der Waals surface area contributed by atoms with Crippen molar-refractivity contribution in [3.63, 3.8) is 0 Å². The second kappa shape index (κ2) is 6.97. The van der Waals surface area contributed by atoms with Crippen molar-refractivity contribution in [1.29, 1.82) is 0 Å². The highest BCUT2D eigenvalue weighted by molar-refractivity contribution is 6.31. The second-order valence-corrected chi connectivity index (χ2v) is 5.43. The smallest absolute Gasteiger partial charge is 0.0498 e. The fraction of sp³-hybridized carbons (Fsp3) is 0.500. The van der Waals surface area contributed by atoms with Gasteiger partial charge >= 0.3 is 0 Å². The number of unbranched alkanes of at least 4 members (excludes halogenated alkanes) is 2. The van der Waals surface area contributed by atoms with E-state index in [1.165, 1.54) is 35.7 Å². The van der Waals surface area contributed by atoms with Crippen molar-refractivity contribution in [3.8, 4) is 0 Å². The zero-order valence-corrected chi connectivity index (χ0v) is 12.6. The van der Waals surface area contributed by atoms with Crippen LogP contribution in [0.4, 0.5) is 0 Å². The third-order valence-electron chi connectivity index (χ3n) is 3.49. The fourth-order valence-corrected chi connectivity index (χ4v) is 2.63. The Morgan fingerprint density at radius 3 is 2.79 bits per heavy atom. The van der Waals surface area contributed by atoms with Gasteiger partial charge in [0.15, 0.2) is 0 Å². The minimum Gasteiger partial charge on any atom is -0.347 e. The van der Waals surface area contributed by atoms with Crippen molar-refractivity contribution < 1.29 is 0 Å². The molecule has 104 valence electrons. The molecule has 0 aliphatic carbocycles. The summed E-state index contributed by atoms with van der Waals surface area (Å²) in [5.41, 5.74) is 2.63. The maximum atomic E-state index is 6.14. The van der Waals surface area contributed by atoms with Crippen molar-refractivity contribution in [2.75, 3.05) is 6.54 Å². The van der Waals surface area contributed by atoms with Gasteiger partial charge in [-0.3, -0.25) is 0 Å². The van der Waals surface area contributed by atoms with Crippen LogP contribution < -0.4 is 5.32 Å². The van der Waals surface area contributed by atoms with Gasteiger partial charge in [-0.2, -0.15) is 0 Å². The Kier molecular flexibility index (Phi) is 5.29. The Balaban J connectivity index is 2.30. The standard InChI is InChI=1S/C16H23ClN2/c1-3-5-6-9-19-12-13(11-18-4-2)15-8-7-14(17)10-16(15)19/h7-8,10,12,18H,3-6,9,11H2,1-2H3. The maximum absolute atomic E-state index is 6.14. The second-order valence-electron chi connectivity index (χ2n) is 5.00. The molecule has 1 N–H and O–H groups in total.